The highest BCUT2D eigenvalue weighted by molar-refractivity contribution is 6.32. The number of imide groups is 2. The highest BCUT2D eigenvalue weighted by Crippen LogP contribution is 2.64. The average molecular weight is 646 g/mol. The van der Waals surface area contributed by atoms with E-state index in [1.807, 2.05) is 6.08 Å². The molecule has 3 aromatic rings. The zero-order valence-electron chi connectivity index (χ0n) is 24.0. The molecule has 4 amide bonds. The van der Waals surface area contributed by atoms with Crippen LogP contribution in [0.4, 0.5) is 15.8 Å². The van der Waals surface area contributed by atoms with E-state index < -0.39 is 52.6 Å². The number of amides is 4. The summed E-state index contributed by atoms with van der Waals surface area (Å²) >= 11 is 12.8. The summed E-state index contributed by atoms with van der Waals surface area (Å²) in [7, 11) is 0. The van der Waals surface area contributed by atoms with Crippen LogP contribution in [0.25, 0.3) is 6.08 Å². The molecule has 1 N–H and O–H groups in total. The minimum absolute atomic E-state index is 0.0680. The van der Waals surface area contributed by atoms with Crippen LogP contribution in [0.15, 0.2) is 78.9 Å². The maximum absolute atomic E-state index is 14.5. The molecule has 6 atom stereocenters. The van der Waals surface area contributed by atoms with Gasteiger partial charge >= 0.3 is 0 Å². The van der Waals surface area contributed by atoms with Crippen LogP contribution >= 0.6 is 23.2 Å². The van der Waals surface area contributed by atoms with Crippen LogP contribution in [0, 0.1) is 34.9 Å². The number of aromatic hydroxyl groups is 1. The Kier molecular flexibility index (Phi) is 6.80. The van der Waals surface area contributed by atoms with Gasteiger partial charge in [0.05, 0.1) is 39.6 Å². The van der Waals surface area contributed by atoms with Gasteiger partial charge in [0.25, 0.3) is 0 Å². The number of carbonyl (C=O) groups excluding carboxylic acids is 4. The van der Waals surface area contributed by atoms with E-state index in [-0.39, 0.29) is 46.1 Å². The molecule has 0 spiro atoms. The fraction of sp³-hybridized carbons (Fsp3) is 0.257. The van der Waals surface area contributed by atoms with Gasteiger partial charge in [-0.05, 0) is 79.3 Å². The fourth-order valence-corrected chi connectivity index (χ4v) is 8.45. The molecule has 2 heterocycles. The van der Waals surface area contributed by atoms with Crippen LogP contribution in [0.5, 0.6) is 5.75 Å². The molecule has 2 saturated heterocycles. The Morgan fingerprint density at radius 3 is 2.27 bits per heavy atom. The molecule has 3 aromatic carbocycles. The molecule has 4 aliphatic rings. The number of benzene rings is 3. The van der Waals surface area contributed by atoms with Crippen molar-refractivity contribution < 1.29 is 28.7 Å². The van der Waals surface area contributed by atoms with Gasteiger partial charge < -0.3 is 5.11 Å². The van der Waals surface area contributed by atoms with Crippen molar-refractivity contribution in [3.05, 3.63) is 106 Å². The lowest BCUT2D eigenvalue weighted by atomic mass is 9.51. The second-order valence-corrected chi connectivity index (χ2v) is 13.1. The first-order chi connectivity index (χ1) is 21.5. The van der Waals surface area contributed by atoms with Crippen molar-refractivity contribution in [2.75, 3.05) is 9.80 Å². The number of phenols is 1. The molecule has 2 aliphatic carbocycles. The maximum atomic E-state index is 14.5. The van der Waals surface area contributed by atoms with Gasteiger partial charge in [-0.3, -0.25) is 24.1 Å². The Morgan fingerprint density at radius 2 is 1.60 bits per heavy atom. The number of rotatable bonds is 4. The van der Waals surface area contributed by atoms with E-state index in [1.165, 1.54) is 29.2 Å². The molecule has 6 unspecified atom stereocenters. The topological polar surface area (TPSA) is 95.0 Å². The number of hydrogen-bond donors (Lipinski definition) is 1. The van der Waals surface area contributed by atoms with Gasteiger partial charge in [0.15, 0.2) is 0 Å². The molecular formula is C35H27Cl2FN2O5. The summed E-state index contributed by atoms with van der Waals surface area (Å²) in [5, 5.41) is 10.1. The van der Waals surface area contributed by atoms with Crippen molar-refractivity contribution in [3.63, 3.8) is 0 Å². The lowest BCUT2D eigenvalue weighted by Crippen LogP contribution is -2.49. The molecule has 45 heavy (non-hydrogen) atoms. The van der Waals surface area contributed by atoms with Crippen LogP contribution in [0.3, 0.4) is 0 Å². The summed E-state index contributed by atoms with van der Waals surface area (Å²) < 4.78 is 14.1. The lowest BCUT2D eigenvalue weighted by molar-refractivity contribution is -0.131. The standard InChI is InChI=1S/C35H27Cl2FN2O5/c1-3-17-4-6-18(7-5-17)39-31(42)23-12-11-21-24(29(23)33(39)44)16-25-32(43)40(19-8-13-28(38)27(37)14-19)34(45)35(25,2)30(21)22-10-9-20(41)15-26(22)36/h3-11,13-15,23-25,29-30,41H,1,12,16H2,2H3. The summed E-state index contributed by atoms with van der Waals surface area (Å²) in [5.41, 5.74) is 1.36. The number of hydrogen-bond acceptors (Lipinski definition) is 5. The Labute approximate surface area is 268 Å². The molecule has 7 rings (SSSR count). The summed E-state index contributed by atoms with van der Waals surface area (Å²) in [4.78, 5) is 58.9. The highest BCUT2D eigenvalue weighted by atomic mass is 35.5. The van der Waals surface area contributed by atoms with Crippen LogP contribution in [-0.2, 0) is 19.2 Å². The Hall–Kier alpha value is -4.27. The summed E-state index contributed by atoms with van der Waals surface area (Å²) in [6, 6.07) is 15.1. The first kappa shape index (κ1) is 29.4. The SMILES string of the molecule is C=Cc1ccc(N2C(=O)C3CC=C4C(CC5C(=O)N(c6ccc(F)c(Cl)c6)C(=O)C5(C)C4c4ccc(O)cc4Cl)C3C2=O)cc1. The van der Waals surface area contributed by atoms with Gasteiger partial charge in [-0.15, -0.1) is 0 Å². The minimum atomic E-state index is -1.35. The molecule has 0 radical (unpaired) electrons. The number of phenolic OH excluding ortho intramolecular Hbond substituents is 1. The Morgan fingerprint density at radius 1 is 0.889 bits per heavy atom. The van der Waals surface area contributed by atoms with Gasteiger partial charge in [-0.2, -0.15) is 0 Å². The van der Waals surface area contributed by atoms with E-state index in [9.17, 15) is 28.7 Å². The number of fused-ring (bicyclic) bond motifs is 4. The van der Waals surface area contributed by atoms with Crippen LogP contribution < -0.4 is 9.80 Å². The van der Waals surface area contributed by atoms with Crippen LogP contribution in [0.2, 0.25) is 10.0 Å². The third-order valence-corrected chi connectivity index (χ3v) is 10.7. The van der Waals surface area contributed by atoms with Crippen LogP contribution in [0.1, 0.15) is 36.8 Å². The average Bonchev–Trinajstić information content (AvgIpc) is 3.39. The zero-order valence-corrected chi connectivity index (χ0v) is 25.6. The normalized spacial score (nSPS) is 29.0. The summed E-state index contributed by atoms with van der Waals surface area (Å²) in [6.45, 7) is 5.47. The van der Waals surface area contributed by atoms with Gasteiger partial charge in [0.2, 0.25) is 23.6 Å². The van der Waals surface area contributed by atoms with Gasteiger partial charge in [-0.25, -0.2) is 9.29 Å². The van der Waals surface area contributed by atoms with Gasteiger partial charge in [0.1, 0.15) is 11.6 Å². The molecule has 2 aliphatic heterocycles. The van der Waals surface area contributed by atoms with Crippen molar-refractivity contribution in [1.82, 2.24) is 0 Å². The fourth-order valence-electron chi connectivity index (χ4n) is 7.99. The molecule has 1 saturated carbocycles. The lowest BCUT2D eigenvalue weighted by Gasteiger charge is -2.49. The summed E-state index contributed by atoms with van der Waals surface area (Å²) in [5.74, 6) is -6.01. The second-order valence-electron chi connectivity index (χ2n) is 12.3. The number of halogens is 3. The molecule has 3 fully saturated rings. The number of allylic oxidation sites excluding steroid dienone is 2. The van der Waals surface area contributed by atoms with Crippen molar-refractivity contribution in [3.8, 4) is 5.75 Å². The summed E-state index contributed by atoms with van der Waals surface area (Å²) in [6.07, 6.45) is 4.01. The van der Waals surface area contributed by atoms with Gasteiger partial charge in [-0.1, -0.05) is 65.7 Å². The quantitative estimate of drug-likeness (QED) is 0.246. The Bertz CT molecular complexity index is 1870. The third-order valence-electron chi connectivity index (χ3n) is 10.1. The van der Waals surface area contributed by atoms with E-state index in [1.54, 1.807) is 43.3 Å². The van der Waals surface area contributed by atoms with E-state index in [2.05, 4.69) is 6.58 Å². The smallest absolute Gasteiger partial charge is 0.241 e. The third kappa shape index (κ3) is 4.15. The molecule has 228 valence electrons. The molecule has 10 heteroatoms. The van der Waals surface area contributed by atoms with Crippen LogP contribution in [-0.4, -0.2) is 28.7 Å². The highest BCUT2D eigenvalue weighted by Gasteiger charge is 2.67. The first-order valence-electron chi connectivity index (χ1n) is 14.6. The predicted octanol–water partition coefficient (Wildman–Crippen LogP) is 6.92. The van der Waals surface area contributed by atoms with Crippen molar-refractivity contribution in [2.24, 2.45) is 29.1 Å². The van der Waals surface area contributed by atoms with E-state index in [0.717, 1.165) is 22.1 Å². The largest absolute Gasteiger partial charge is 0.508 e. The van der Waals surface area contributed by atoms with Crippen molar-refractivity contribution in [1.29, 1.82) is 0 Å². The monoisotopic (exact) mass is 644 g/mol. The number of carbonyl (C=O) groups is 4. The molecule has 7 nitrogen and oxygen atoms in total. The van der Waals surface area contributed by atoms with E-state index >= 15 is 0 Å². The van der Waals surface area contributed by atoms with Crippen molar-refractivity contribution in [2.45, 2.75) is 25.7 Å². The number of anilines is 2. The predicted molar refractivity (Wildman–Crippen MR) is 168 cm³/mol. The van der Waals surface area contributed by atoms with E-state index in [0.29, 0.717) is 11.3 Å². The second kappa shape index (κ2) is 10.4. The molecule has 0 aromatic heterocycles. The maximum Gasteiger partial charge on any atom is 0.241 e. The zero-order chi connectivity index (χ0) is 31.9. The first-order valence-corrected chi connectivity index (χ1v) is 15.3. The van der Waals surface area contributed by atoms with Gasteiger partial charge in [0, 0.05) is 10.9 Å². The van der Waals surface area contributed by atoms with E-state index in [4.69, 9.17) is 23.2 Å². The Balaban J connectivity index is 1.36. The van der Waals surface area contributed by atoms with Crippen molar-refractivity contribution >= 4 is 64.3 Å². The minimum Gasteiger partial charge on any atom is -0.508 e. The molecule has 0 bridgehead atoms. The number of nitrogens with zero attached hydrogens (tertiary/aromatic N) is 2. The molecular weight excluding hydrogens is 618 g/mol.